The van der Waals surface area contributed by atoms with Crippen molar-refractivity contribution < 1.29 is 19.2 Å². The lowest BCUT2D eigenvalue weighted by molar-refractivity contribution is -0.384. The molecule has 1 atom stereocenters. The summed E-state index contributed by atoms with van der Waals surface area (Å²) in [5.74, 6) is 0.116. The summed E-state index contributed by atoms with van der Waals surface area (Å²) in [6.07, 6.45) is 0.119. The molecular weight excluding hydrogens is 458 g/mol. The number of nitro benzene ring substituents is 1. The molecule has 8 nitrogen and oxygen atoms in total. The zero-order chi connectivity index (χ0) is 23.7. The van der Waals surface area contributed by atoms with Crippen LogP contribution in [0, 0.1) is 10.1 Å². The number of hydrogen-bond donors (Lipinski definition) is 1. The predicted octanol–water partition coefficient (Wildman–Crippen LogP) is 5.66. The van der Waals surface area contributed by atoms with E-state index in [9.17, 15) is 14.9 Å². The van der Waals surface area contributed by atoms with Crippen LogP contribution in [0.25, 0.3) is 11.3 Å². The molecule has 0 saturated carbocycles. The SMILES string of the molecule is O=C1C[C@H](c2ccc(OCc3ccccc3Cl)cc2)c2c(n[nH]c2-c2cccc([N+](=O)[O-])c2)O1. The smallest absolute Gasteiger partial charge is 0.313 e. The summed E-state index contributed by atoms with van der Waals surface area (Å²) in [7, 11) is 0. The van der Waals surface area contributed by atoms with Gasteiger partial charge in [0.25, 0.3) is 5.69 Å². The number of halogens is 1. The van der Waals surface area contributed by atoms with Gasteiger partial charge in [-0.25, -0.2) is 0 Å². The molecule has 3 aromatic carbocycles. The van der Waals surface area contributed by atoms with Crippen LogP contribution in [-0.4, -0.2) is 21.1 Å². The summed E-state index contributed by atoms with van der Waals surface area (Å²) in [5.41, 5.74) is 3.57. The number of rotatable bonds is 6. The Balaban J connectivity index is 1.44. The van der Waals surface area contributed by atoms with E-state index in [1.807, 2.05) is 48.5 Å². The van der Waals surface area contributed by atoms with E-state index in [2.05, 4.69) is 10.2 Å². The van der Waals surface area contributed by atoms with Crippen LogP contribution < -0.4 is 9.47 Å². The van der Waals surface area contributed by atoms with Crippen molar-refractivity contribution in [2.24, 2.45) is 0 Å². The first-order valence-corrected chi connectivity index (χ1v) is 10.9. The summed E-state index contributed by atoms with van der Waals surface area (Å²) in [5, 5.41) is 18.9. The predicted molar refractivity (Wildman–Crippen MR) is 125 cm³/mol. The zero-order valence-electron chi connectivity index (χ0n) is 17.7. The Bertz CT molecular complexity index is 1380. The Labute approximate surface area is 199 Å². The molecule has 0 aliphatic carbocycles. The Morgan fingerprint density at radius 2 is 1.91 bits per heavy atom. The number of nitro groups is 1. The number of fused-ring (bicyclic) bond motifs is 1. The molecule has 1 aromatic heterocycles. The molecule has 5 rings (SSSR count). The van der Waals surface area contributed by atoms with E-state index >= 15 is 0 Å². The van der Waals surface area contributed by atoms with Gasteiger partial charge in [-0.05, 0) is 23.8 Å². The fraction of sp³-hybridized carbons (Fsp3) is 0.120. The van der Waals surface area contributed by atoms with Gasteiger partial charge in [-0.2, -0.15) is 0 Å². The normalized spacial score (nSPS) is 14.9. The van der Waals surface area contributed by atoms with Crippen molar-refractivity contribution in [1.82, 2.24) is 10.2 Å². The van der Waals surface area contributed by atoms with Gasteiger partial charge >= 0.3 is 5.97 Å². The molecule has 34 heavy (non-hydrogen) atoms. The van der Waals surface area contributed by atoms with E-state index in [1.165, 1.54) is 12.1 Å². The van der Waals surface area contributed by atoms with E-state index in [4.69, 9.17) is 21.1 Å². The van der Waals surface area contributed by atoms with Gasteiger partial charge in [-0.1, -0.05) is 54.1 Å². The Kier molecular flexibility index (Phi) is 5.73. The molecule has 1 aliphatic rings. The third-order valence-corrected chi connectivity index (χ3v) is 6.05. The quantitative estimate of drug-likeness (QED) is 0.219. The van der Waals surface area contributed by atoms with Crippen molar-refractivity contribution >= 4 is 23.3 Å². The first-order chi connectivity index (χ1) is 16.5. The van der Waals surface area contributed by atoms with Crippen LogP contribution in [0.3, 0.4) is 0 Å². The van der Waals surface area contributed by atoms with Crippen molar-refractivity contribution in [1.29, 1.82) is 0 Å². The average molecular weight is 476 g/mol. The lowest BCUT2D eigenvalue weighted by atomic mass is 9.85. The van der Waals surface area contributed by atoms with Crippen molar-refractivity contribution in [2.45, 2.75) is 18.9 Å². The van der Waals surface area contributed by atoms with Gasteiger partial charge in [0.05, 0.1) is 22.6 Å². The van der Waals surface area contributed by atoms with Crippen LogP contribution in [0.4, 0.5) is 5.69 Å². The van der Waals surface area contributed by atoms with E-state index in [1.54, 1.807) is 12.1 Å². The number of carbonyl (C=O) groups excluding carboxylic acids is 1. The standard InChI is InChI=1S/C25H18ClN3O5/c26-21-7-2-1-4-17(21)14-33-19-10-8-15(9-11-19)20-13-22(30)34-25-23(20)24(27-28-25)16-5-3-6-18(12-16)29(31)32/h1-12,20H,13-14H2,(H,27,28)/t20-/m1/s1. The number of nitrogens with one attached hydrogen (secondary N) is 1. The highest BCUT2D eigenvalue weighted by Crippen LogP contribution is 2.43. The molecule has 0 radical (unpaired) electrons. The van der Waals surface area contributed by atoms with Gasteiger partial charge < -0.3 is 9.47 Å². The van der Waals surface area contributed by atoms with E-state index in [-0.39, 0.29) is 23.9 Å². The largest absolute Gasteiger partial charge is 0.489 e. The molecule has 9 heteroatoms. The van der Waals surface area contributed by atoms with Gasteiger partial charge in [0.1, 0.15) is 12.4 Å². The maximum atomic E-state index is 12.3. The van der Waals surface area contributed by atoms with Crippen molar-refractivity contribution in [3.8, 4) is 22.9 Å². The molecule has 0 saturated heterocycles. The third kappa shape index (κ3) is 4.23. The van der Waals surface area contributed by atoms with Crippen LogP contribution in [0.5, 0.6) is 11.6 Å². The number of benzene rings is 3. The molecule has 1 aliphatic heterocycles. The molecule has 0 unspecified atom stereocenters. The molecule has 4 aromatic rings. The number of ether oxygens (including phenoxy) is 2. The lowest BCUT2D eigenvalue weighted by Gasteiger charge is -2.22. The van der Waals surface area contributed by atoms with Crippen molar-refractivity contribution in [3.05, 3.63) is 105 Å². The molecule has 170 valence electrons. The second kappa shape index (κ2) is 8.99. The number of esters is 1. The minimum absolute atomic E-state index is 0.0368. The second-order valence-electron chi connectivity index (χ2n) is 7.80. The van der Waals surface area contributed by atoms with Gasteiger partial charge in [0.15, 0.2) is 0 Å². The molecule has 0 fully saturated rings. The van der Waals surface area contributed by atoms with E-state index < -0.39 is 10.9 Å². The van der Waals surface area contributed by atoms with Gasteiger partial charge in [-0.3, -0.25) is 20.0 Å². The zero-order valence-corrected chi connectivity index (χ0v) is 18.5. The van der Waals surface area contributed by atoms with Gasteiger partial charge in [-0.15, -0.1) is 5.10 Å². The fourth-order valence-electron chi connectivity index (χ4n) is 4.01. The number of carbonyl (C=O) groups is 1. The van der Waals surface area contributed by atoms with Crippen LogP contribution in [0.1, 0.15) is 29.0 Å². The molecule has 0 bridgehead atoms. The summed E-state index contributed by atoms with van der Waals surface area (Å²) in [6.45, 7) is 0.331. The molecule has 0 spiro atoms. The highest BCUT2D eigenvalue weighted by atomic mass is 35.5. The van der Waals surface area contributed by atoms with Gasteiger partial charge in [0, 0.05) is 34.2 Å². The maximum Gasteiger partial charge on any atom is 0.313 e. The molecule has 2 heterocycles. The first kappa shape index (κ1) is 21.7. The minimum atomic E-state index is -0.453. The van der Waals surface area contributed by atoms with Crippen LogP contribution >= 0.6 is 11.6 Å². The lowest BCUT2D eigenvalue weighted by Crippen LogP contribution is -2.20. The monoisotopic (exact) mass is 475 g/mol. The maximum absolute atomic E-state index is 12.3. The van der Waals surface area contributed by atoms with Crippen LogP contribution in [0.2, 0.25) is 5.02 Å². The highest BCUT2D eigenvalue weighted by Gasteiger charge is 2.34. The Hall–Kier alpha value is -4.17. The summed E-state index contributed by atoms with van der Waals surface area (Å²) >= 11 is 6.19. The second-order valence-corrected chi connectivity index (χ2v) is 8.21. The van der Waals surface area contributed by atoms with Crippen molar-refractivity contribution in [3.63, 3.8) is 0 Å². The first-order valence-electron chi connectivity index (χ1n) is 10.5. The minimum Gasteiger partial charge on any atom is -0.489 e. The number of aromatic nitrogens is 2. The van der Waals surface area contributed by atoms with E-state index in [0.717, 1.165) is 11.1 Å². The van der Waals surface area contributed by atoms with Crippen LogP contribution in [0.15, 0.2) is 72.8 Å². The third-order valence-electron chi connectivity index (χ3n) is 5.68. The number of H-pyrrole nitrogens is 1. The summed E-state index contributed by atoms with van der Waals surface area (Å²) in [6, 6.07) is 21.2. The average Bonchev–Trinajstić information content (AvgIpc) is 3.27. The summed E-state index contributed by atoms with van der Waals surface area (Å²) < 4.78 is 11.2. The van der Waals surface area contributed by atoms with Crippen LogP contribution in [-0.2, 0) is 11.4 Å². The summed E-state index contributed by atoms with van der Waals surface area (Å²) in [4.78, 5) is 23.0. The number of nitrogens with zero attached hydrogens (tertiary/aromatic N) is 2. The molecule has 1 N–H and O–H groups in total. The number of aromatic amines is 1. The molecule has 0 amide bonds. The van der Waals surface area contributed by atoms with E-state index in [0.29, 0.717) is 34.2 Å². The number of hydrogen-bond acceptors (Lipinski definition) is 6. The topological polar surface area (TPSA) is 107 Å². The highest BCUT2D eigenvalue weighted by molar-refractivity contribution is 6.31. The number of non-ortho nitro benzene ring substituents is 1. The fourth-order valence-corrected chi connectivity index (χ4v) is 4.20. The van der Waals surface area contributed by atoms with Crippen molar-refractivity contribution in [2.75, 3.05) is 0 Å². The van der Waals surface area contributed by atoms with Gasteiger partial charge in [0.2, 0.25) is 5.88 Å². The Morgan fingerprint density at radius 3 is 2.68 bits per heavy atom. The molecular formula is C25H18ClN3O5. The Morgan fingerprint density at radius 1 is 1.12 bits per heavy atom.